The molecule has 2 aromatic carbocycles. The van der Waals surface area contributed by atoms with Gasteiger partial charge >= 0.3 is 0 Å². The Morgan fingerprint density at radius 2 is 1.67 bits per heavy atom. The quantitative estimate of drug-likeness (QED) is 0.731. The molecule has 0 heterocycles. The number of nitrogens with one attached hydrogen (secondary N) is 1. The number of hydrogen-bond acceptors (Lipinski definition) is 1. The average molecular weight is 281 g/mol. The SMILES string of the molecule is Cc1cccc(CCC(C)Nc2ccc(C(C)C)cc2)c1. The summed E-state index contributed by atoms with van der Waals surface area (Å²) in [4.78, 5) is 0. The van der Waals surface area contributed by atoms with E-state index < -0.39 is 0 Å². The number of rotatable bonds is 6. The second-order valence-electron chi connectivity index (χ2n) is 6.35. The van der Waals surface area contributed by atoms with Crippen molar-refractivity contribution in [2.24, 2.45) is 0 Å². The number of anilines is 1. The standard InChI is InChI=1S/C20H27N/c1-15(2)19-10-12-20(13-11-19)21-17(4)8-9-18-7-5-6-16(3)14-18/h5-7,10-15,17,21H,8-9H2,1-4H3. The fourth-order valence-corrected chi connectivity index (χ4v) is 2.57. The van der Waals surface area contributed by atoms with Crippen molar-refractivity contribution in [2.75, 3.05) is 5.32 Å². The maximum atomic E-state index is 3.59. The molecule has 21 heavy (non-hydrogen) atoms. The summed E-state index contributed by atoms with van der Waals surface area (Å²) in [5.41, 5.74) is 5.39. The van der Waals surface area contributed by atoms with E-state index in [2.05, 4.69) is 81.5 Å². The summed E-state index contributed by atoms with van der Waals surface area (Å²) in [6.07, 6.45) is 2.27. The fourth-order valence-electron chi connectivity index (χ4n) is 2.57. The molecular weight excluding hydrogens is 254 g/mol. The molecule has 0 aliphatic heterocycles. The van der Waals surface area contributed by atoms with Crippen LogP contribution in [0, 0.1) is 6.92 Å². The smallest absolute Gasteiger partial charge is 0.0342 e. The molecule has 2 aromatic rings. The van der Waals surface area contributed by atoms with Crippen LogP contribution in [0.1, 0.15) is 49.8 Å². The summed E-state index contributed by atoms with van der Waals surface area (Å²) < 4.78 is 0. The molecule has 1 nitrogen and oxygen atoms in total. The zero-order valence-electron chi connectivity index (χ0n) is 13.7. The molecule has 1 N–H and O–H groups in total. The Hall–Kier alpha value is -1.76. The summed E-state index contributed by atoms with van der Waals surface area (Å²) in [5, 5.41) is 3.59. The van der Waals surface area contributed by atoms with Crippen LogP contribution in [-0.4, -0.2) is 6.04 Å². The summed E-state index contributed by atoms with van der Waals surface area (Å²) in [5.74, 6) is 0.595. The lowest BCUT2D eigenvalue weighted by molar-refractivity contribution is 0.706. The van der Waals surface area contributed by atoms with Gasteiger partial charge in [0.15, 0.2) is 0 Å². The Kier molecular flexibility index (Phi) is 5.44. The predicted octanol–water partition coefficient (Wildman–Crippen LogP) is 5.55. The van der Waals surface area contributed by atoms with E-state index in [1.54, 1.807) is 0 Å². The third-order valence-electron chi connectivity index (χ3n) is 3.94. The Balaban J connectivity index is 1.85. The maximum Gasteiger partial charge on any atom is 0.0342 e. The highest BCUT2D eigenvalue weighted by Crippen LogP contribution is 2.18. The van der Waals surface area contributed by atoms with Crippen molar-refractivity contribution in [3.63, 3.8) is 0 Å². The highest BCUT2D eigenvalue weighted by Gasteiger charge is 2.04. The van der Waals surface area contributed by atoms with Crippen molar-refractivity contribution >= 4 is 5.69 Å². The Morgan fingerprint density at radius 3 is 2.29 bits per heavy atom. The predicted molar refractivity (Wildman–Crippen MR) is 93.1 cm³/mol. The first-order valence-corrected chi connectivity index (χ1v) is 7.96. The molecule has 0 radical (unpaired) electrons. The van der Waals surface area contributed by atoms with Gasteiger partial charge in [0, 0.05) is 11.7 Å². The lowest BCUT2D eigenvalue weighted by atomic mass is 10.0. The number of hydrogen-bond donors (Lipinski definition) is 1. The first-order valence-electron chi connectivity index (χ1n) is 7.96. The summed E-state index contributed by atoms with van der Waals surface area (Å²) in [6, 6.07) is 18.1. The number of aryl methyl sites for hydroxylation is 2. The van der Waals surface area contributed by atoms with Crippen molar-refractivity contribution in [3.8, 4) is 0 Å². The molecule has 0 aliphatic carbocycles. The lowest BCUT2D eigenvalue weighted by Crippen LogP contribution is -2.16. The molecule has 0 fully saturated rings. The molecule has 0 saturated heterocycles. The maximum absolute atomic E-state index is 3.59. The van der Waals surface area contributed by atoms with Crippen molar-refractivity contribution in [1.82, 2.24) is 0 Å². The highest BCUT2D eigenvalue weighted by atomic mass is 14.9. The topological polar surface area (TPSA) is 12.0 Å². The zero-order valence-corrected chi connectivity index (χ0v) is 13.7. The van der Waals surface area contributed by atoms with Gasteiger partial charge in [-0.3, -0.25) is 0 Å². The molecule has 0 saturated carbocycles. The summed E-state index contributed by atoms with van der Waals surface area (Å²) in [7, 11) is 0. The van der Waals surface area contributed by atoms with Gasteiger partial charge < -0.3 is 5.32 Å². The van der Waals surface area contributed by atoms with Crippen LogP contribution < -0.4 is 5.32 Å². The zero-order chi connectivity index (χ0) is 15.2. The van der Waals surface area contributed by atoms with Crippen LogP contribution in [0.2, 0.25) is 0 Å². The monoisotopic (exact) mass is 281 g/mol. The minimum absolute atomic E-state index is 0.482. The van der Waals surface area contributed by atoms with E-state index in [0.29, 0.717) is 12.0 Å². The van der Waals surface area contributed by atoms with E-state index >= 15 is 0 Å². The van der Waals surface area contributed by atoms with Gasteiger partial charge in [-0.25, -0.2) is 0 Å². The minimum Gasteiger partial charge on any atom is -0.383 e. The molecule has 1 atom stereocenters. The van der Waals surface area contributed by atoms with Crippen LogP contribution in [0.4, 0.5) is 5.69 Å². The van der Waals surface area contributed by atoms with E-state index in [9.17, 15) is 0 Å². The Morgan fingerprint density at radius 1 is 0.952 bits per heavy atom. The van der Waals surface area contributed by atoms with Crippen LogP contribution in [0.25, 0.3) is 0 Å². The molecule has 0 bridgehead atoms. The van der Waals surface area contributed by atoms with Crippen molar-refractivity contribution < 1.29 is 0 Å². The molecule has 1 unspecified atom stereocenters. The normalized spacial score (nSPS) is 12.4. The van der Waals surface area contributed by atoms with E-state index in [1.165, 1.54) is 22.4 Å². The van der Waals surface area contributed by atoms with Gasteiger partial charge in [0.1, 0.15) is 0 Å². The first-order chi connectivity index (χ1) is 10.0. The number of benzene rings is 2. The van der Waals surface area contributed by atoms with Crippen molar-refractivity contribution in [3.05, 3.63) is 65.2 Å². The summed E-state index contributed by atoms with van der Waals surface area (Å²) >= 11 is 0. The van der Waals surface area contributed by atoms with Gasteiger partial charge in [0.25, 0.3) is 0 Å². The third kappa shape index (κ3) is 4.93. The van der Waals surface area contributed by atoms with E-state index in [1.807, 2.05) is 0 Å². The van der Waals surface area contributed by atoms with Gasteiger partial charge in [0.2, 0.25) is 0 Å². The molecular formula is C20H27N. The highest BCUT2D eigenvalue weighted by molar-refractivity contribution is 5.45. The first kappa shape index (κ1) is 15.6. The van der Waals surface area contributed by atoms with Crippen LogP contribution >= 0.6 is 0 Å². The molecule has 0 spiro atoms. The van der Waals surface area contributed by atoms with Crippen molar-refractivity contribution in [2.45, 2.75) is 52.5 Å². The van der Waals surface area contributed by atoms with Gasteiger partial charge in [-0.1, -0.05) is 55.8 Å². The Labute approximate surface area is 129 Å². The van der Waals surface area contributed by atoms with E-state index in [4.69, 9.17) is 0 Å². The molecule has 0 aromatic heterocycles. The molecule has 0 amide bonds. The lowest BCUT2D eigenvalue weighted by Gasteiger charge is -2.16. The molecule has 0 aliphatic rings. The van der Waals surface area contributed by atoms with Crippen LogP contribution in [-0.2, 0) is 6.42 Å². The second kappa shape index (κ2) is 7.31. The minimum atomic E-state index is 0.482. The van der Waals surface area contributed by atoms with E-state index in [0.717, 1.165) is 12.8 Å². The van der Waals surface area contributed by atoms with Crippen LogP contribution in [0.3, 0.4) is 0 Å². The fraction of sp³-hybridized carbons (Fsp3) is 0.400. The largest absolute Gasteiger partial charge is 0.383 e. The van der Waals surface area contributed by atoms with E-state index in [-0.39, 0.29) is 0 Å². The van der Waals surface area contributed by atoms with Gasteiger partial charge in [-0.05, 0) is 55.9 Å². The third-order valence-corrected chi connectivity index (χ3v) is 3.94. The van der Waals surface area contributed by atoms with Crippen molar-refractivity contribution in [1.29, 1.82) is 0 Å². The second-order valence-corrected chi connectivity index (χ2v) is 6.35. The van der Waals surface area contributed by atoms with Crippen LogP contribution in [0.15, 0.2) is 48.5 Å². The van der Waals surface area contributed by atoms with Gasteiger partial charge in [-0.2, -0.15) is 0 Å². The molecule has 2 rings (SSSR count). The molecule has 112 valence electrons. The summed E-state index contributed by atoms with van der Waals surface area (Å²) in [6.45, 7) is 8.87. The van der Waals surface area contributed by atoms with Gasteiger partial charge in [-0.15, -0.1) is 0 Å². The van der Waals surface area contributed by atoms with Crippen LogP contribution in [0.5, 0.6) is 0 Å². The average Bonchev–Trinajstić information content (AvgIpc) is 2.46. The molecule has 1 heteroatoms. The Bertz CT molecular complexity index is 554. The van der Waals surface area contributed by atoms with Gasteiger partial charge in [0.05, 0.1) is 0 Å².